The molecule has 2 heterocycles. The molecule has 0 saturated carbocycles. The van der Waals surface area contributed by atoms with Crippen LogP contribution >= 0.6 is 0 Å². The van der Waals surface area contributed by atoms with Crippen LogP contribution in [0.3, 0.4) is 0 Å². The fraction of sp³-hybridized carbons (Fsp3) is 0.440. The molecule has 7 heteroatoms. The smallest absolute Gasteiger partial charge is 0.322 e. The van der Waals surface area contributed by atoms with E-state index in [1.807, 2.05) is 24.3 Å². The molecule has 0 radical (unpaired) electrons. The molecule has 0 bridgehead atoms. The highest BCUT2D eigenvalue weighted by Crippen LogP contribution is 2.35. The lowest BCUT2D eigenvalue weighted by atomic mass is 9.74. The van der Waals surface area contributed by atoms with Crippen LogP contribution < -0.4 is 15.4 Å². The second kappa shape index (κ2) is 9.61. The zero-order valence-electron chi connectivity index (χ0n) is 18.5. The van der Waals surface area contributed by atoms with Crippen molar-refractivity contribution in [1.82, 2.24) is 15.5 Å². The SMILES string of the molecule is COc1ccc(CN2CCC([C@@]3(CCCc4ccccc4)NC(=O)NC3=O)CC2)cc1O. The Hall–Kier alpha value is -3.06. The number of piperidine rings is 1. The quantitative estimate of drug-likeness (QED) is 0.552. The molecule has 32 heavy (non-hydrogen) atoms. The predicted molar refractivity (Wildman–Crippen MR) is 121 cm³/mol. The molecule has 3 amide bonds. The Bertz CT molecular complexity index is 957. The number of methoxy groups -OCH3 is 1. The van der Waals surface area contributed by atoms with Gasteiger partial charge in [-0.25, -0.2) is 4.79 Å². The number of carbonyl (C=O) groups excluding carboxylic acids is 2. The highest BCUT2D eigenvalue weighted by atomic mass is 16.5. The average molecular weight is 438 g/mol. The number of ether oxygens (including phenoxy) is 1. The summed E-state index contributed by atoms with van der Waals surface area (Å²) in [4.78, 5) is 27.2. The first-order valence-corrected chi connectivity index (χ1v) is 11.3. The van der Waals surface area contributed by atoms with Gasteiger partial charge in [-0.2, -0.15) is 0 Å². The third-order valence-electron chi connectivity index (χ3n) is 6.78. The number of benzene rings is 2. The molecular weight excluding hydrogens is 406 g/mol. The van der Waals surface area contributed by atoms with Gasteiger partial charge in [0.25, 0.3) is 5.91 Å². The number of nitrogens with one attached hydrogen (secondary N) is 2. The topological polar surface area (TPSA) is 90.9 Å². The normalized spacial score (nSPS) is 21.9. The zero-order chi connectivity index (χ0) is 22.6. The van der Waals surface area contributed by atoms with E-state index in [2.05, 4.69) is 27.7 Å². The minimum Gasteiger partial charge on any atom is -0.504 e. The van der Waals surface area contributed by atoms with Crippen LogP contribution in [0.25, 0.3) is 0 Å². The van der Waals surface area contributed by atoms with Gasteiger partial charge in [0, 0.05) is 6.54 Å². The molecule has 0 spiro atoms. The van der Waals surface area contributed by atoms with Crippen LogP contribution in [0.1, 0.15) is 36.8 Å². The molecule has 7 nitrogen and oxygen atoms in total. The molecule has 4 rings (SSSR count). The Morgan fingerprint density at radius 2 is 1.84 bits per heavy atom. The van der Waals surface area contributed by atoms with Gasteiger partial charge < -0.3 is 15.2 Å². The fourth-order valence-corrected chi connectivity index (χ4v) is 5.06. The van der Waals surface area contributed by atoms with E-state index in [1.165, 1.54) is 12.7 Å². The van der Waals surface area contributed by atoms with Crippen molar-refractivity contribution in [3.63, 3.8) is 0 Å². The lowest BCUT2D eigenvalue weighted by Gasteiger charge is -2.40. The maximum Gasteiger partial charge on any atom is 0.322 e. The molecule has 1 atom stereocenters. The molecular formula is C25H31N3O4. The highest BCUT2D eigenvalue weighted by molar-refractivity contribution is 6.07. The summed E-state index contributed by atoms with van der Waals surface area (Å²) in [6.07, 6.45) is 4.02. The van der Waals surface area contributed by atoms with Crippen molar-refractivity contribution < 1.29 is 19.4 Å². The summed E-state index contributed by atoms with van der Waals surface area (Å²) in [5.74, 6) is 0.523. The van der Waals surface area contributed by atoms with Crippen molar-refractivity contribution in [3.05, 3.63) is 59.7 Å². The van der Waals surface area contributed by atoms with Gasteiger partial charge in [-0.05, 0) is 74.4 Å². The predicted octanol–water partition coefficient (Wildman–Crippen LogP) is 3.21. The summed E-state index contributed by atoms with van der Waals surface area (Å²) in [5.41, 5.74) is 1.44. The summed E-state index contributed by atoms with van der Waals surface area (Å²) in [6, 6.07) is 15.3. The number of amides is 3. The molecule has 0 aliphatic carbocycles. The largest absolute Gasteiger partial charge is 0.504 e. The standard InChI is InChI=1S/C25H31N3O4/c1-32-22-10-9-19(16-21(22)29)17-28-14-11-20(12-15-28)25(23(30)26-24(31)27-25)13-5-8-18-6-3-2-4-7-18/h2-4,6-7,9-10,16,20,29H,5,8,11-15,17H2,1H3,(H2,26,27,30,31)/t25-/m1/s1. The number of aryl methyl sites for hydroxylation is 1. The minimum atomic E-state index is -0.823. The first-order valence-electron chi connectivity index (χ1n) is 11.3. The van der Waals surface area contributed by atoms with E-state index in [1.54, 1.807) is 12.1 Å². The Morgan fingerprint density at radius 1 is 1.09 bits per heavy atom. The molecule has 0 unspecified atom stereocenters. The number of urea groups is 1. The Morgan fingerprint density at radius 3 is 2.47 bits per heavy atom. The van der Waals surface area contributed by atoms with Crippen LogP contribution in [0, 0.1) is 5.92 Å². The lowest BCUT2D eigenvalue weighted by molar-refractivity contribution is -0.127. The van der Waals surface area contributed by atoms with E-state index in [-0.39, 0.29) is 23.6 Å². The van der Waals surface area contributed by atoms with E-state index in [0.717, 1.165) is 50.9 Å². The van der Waals surface area contributed by atoms with Crippen molar-refractivity contribution in [2.24, 2.45) is 5.92 Å². The number of rotatable bonds is 8. The van der Waals surface area contributed by atoms with E-state index >= 15 is 0 Å². The first kappa shape index (κ1) is 22.1. The van der Waals surface area contributed by atoms with E-state index < -0.39 is 5.54 Å². The zero-order valence-corrected chi connectivity index (χ0v) is 18.5. The monoisotopic (exact) mass is 437 g/mol. The number of phenols is 1. The van der Waals surface area contributed by atoms with Gasteiger partial charge in [0.15, 0.2) is 11.5 Å². The van der Waals surface area contributed by atoms with Crippen LogP contribution in [0.4, 0.5) is 4.79 Å². The van der Waals surface area contributed by atoms with Gasteiger partial charge in [0.1, 0.15) is 5.54 Å². The summed E-state index contributed by atoms with van der Waals surface area (Å²) in [6.45, 7) is 2.39. The van der Waals surface area contributed by atoms with Crippen LogP contribution in [0.5, 0.6) is 11.5 Å². The summed E-state index contributed by atoms with van der Waals surface area (Å²) < 4.78 is 5.12. The number of carbonyl (C=O) groups is 2. The summed E-state index contributed by atoms with van der Waals surface area (Å²) in [5, 5.41) is 15.5. The molecule has 170 valence electrons. The second-order valence-corrected chi connectivity index (χ2v) is 8.78. The molecule has 3 N–H and O–H groups in total. The van der Waals surface area contributed by atoms with Crippen molar-refractivity contribution in [3.8, 4) is 11.5 Å². The molecule has 2 saturated heterocycles. The second-order valence-electron chi connectivity index (χ2n) is 8.78. The third kappa shape index (κ3) is 4.72. The number of likely N-dealkylation sites (tertiary alicyclic amines) is 1. The van der Waals surface area contributed by atoms with Crippen LogP contribution in [-0.2, 0) is 17.8 Å². The number of aromatic hydroxyl groups is 1. The Labute approximate surface area is 188 Å². The Balaban J connectivity index is 1.37. The number of hydrogen-bond acceptors (Lipinski definition) is 5. The van der Waals surface area contributed by atoms with Crippen LogP contribution in [-0.4, -0.2) is 47.7 Å². The van der Waals surface area contributed by atoms with Crippen molar-refractivity contribution in [2.75, 3.05) is 20.2 Å². The third-order valence-corrected chi connectivity index (χ3v) is 6.78. The fourth-order valence-electron chi connectivity index (χ4n) is 5.06. The van der Waals surface area contributed by atoms with E-state index in [0.29, 0.717) is 12.2 Å². The highest BCUT2D eigenvalue weighted by Gasteiger charge is 2.51. The molecule has 2 aromatic carbocycles. The van der Waals surface area contributed by atoms with Crippen molar-refractivity contribution >= 4 is 11.9 Å². The number of phenolic OH excluding ortho intramolecular Hbond substituents is 1. The van der Waals surface area contributed by atoms with Crippen LogP contribution in [0.2, 0.25) is 0 Å². The maximum absolute atomic E-state index is 12.9. The first-order chi connectivity index (χ1) is 15.5. The molecule has 0 aromatic heterocycles. The van der Waals surface area contributed by atoms with Gasteiger partial charge in [-0.3, -0.25) is 15.0 Å². The van der Waals surface area contributed by atoms with Crippen molar-refractivity contribution in [1.29, 1.82) is 0 Å². The van der Waals surface area contributed by atoms with Gasteiger partial charge in [0.05, 0.1) is 7.11 Å². The summed E-state index contributed by atoms with van der Waals surface area (Å²) in [7, 11) is 1.53. The van der Waals surface area contributed by atoms with Gasteiger partial charge >= 0.3 is 6.03 Å². The average Bonchev–Trinajstić information content (AvgIpc) is 3.09. The molecule has 2 fully saturated rings. The van der Waals surface area contributed by atoms with E-state index in [9.17, 15) is 14.7 Å². The van der Waals surface area contributed by atoms with Gasteiger partial charge in [0.2, 0.25) is 0 Å². The van der Waals surface area contributed by atoms with Crippen LogP contribution in [0.15, 0.2) is 48.5 Å². The number of hydrogen-bond donors (Lipinski definition) is 3. The summed E-state index contributed by atoms with van der Waals surface area (Å²) >= 11 is 0. The number of imide groups is 1. The van der Waals surface area contributed by atoms with E-state index in [4.69, 9.17) is 4.74 Å². The number of nitrogens with zero attached hydrogens (tertiary/aromatic N) is 1. The molecule has 2 aliphatic rings. The minimum absolute atomic E-state index is 0.102. The van der Waals surface area contributed by atoms with Gasteiger partial charge in [-0.15, -0.1) is 0 Å². The molecule has 2 aliphatic heterocycles. The Kier molecular flexibility index (Phi) is 6.65. The maximum atomic E-state index is 12.9. The molecule has 2 aromatic rings. The van der Waals surface area contributed by atoms with Crippen molar-refractivity contribution in [2.45, 2.75) is 44.2 Å². The lowest BCUT2D eigenvalue weighted by Crippen LogP contribution is -2.56. The van der Waals surface area contributed by atoms with Gasteiger partial charge in [-0.1, -0.05) is 36.4 Å².